The fraction of sp³-hybridized carbons (Fsp3) is 0.258. The van der Waals surface area contributed by atoms with Gasteiger partial charge in [0.2, 0.25) is 5.91 Å². The second-order valence-corrected chi connectivity index (χ2v) is 10.7. The van der Waals surface area contributed by atoms with Gasteiger partial charge in [0.25, 0.3) is 11.6 Å². The third kappa shape index (κ3) is 7.38. The highest BCUT2D eigenvalue weighted by molar-refractivity contribution is 6.34. The van der Waals surface area contributed by atoms with Gasteiger partial charge in [-0.2, -0.15) is 0 Å². The van der Waals surface area contributed by atoms with E-state index in [1.807, 2.05) is 13.8 Å². The molecule has 0 saturated carbocycles. The maximum atomic E-state index is 13.8. The molecular formula is C31H29ClFN3O6. The van der Waals surface area contributed by atoms with Crippen LogP contribution in [0, 0.1) is 21.8 Å². The molecule has 0 saturated heterocycles. The van der Waals surface area contributed by atoms with Crippen LogP contribution in [0.3, 0.4) is 0 Å². The molecule has 3 aromatic carbocycles. The van der Waals surface area contributed by atoms with Gasteiger partial charge in [-0.1, -0.05) is 49.7 Å². The summed E-state index contributed by atoms with van der Waals surface area (Å²) < 4.78 is 19.2. The lowest BCUT2D eigenvalue weighted by Crippen LogP contribution is -2.43. The third-order valence-corrected chi connectivity index (χ3v) is 7.05. The first kappa shape index (κ1) is 30.4. The summed E-state index contributed by atoms with van der Waals surface area (Å²) in [5.74, 6) is -1.25. The van der Waals surface area contributed by atoms with Crippen LogP contribution in [0.15, 0.2) is 82.2 Å². The minimum absolute atomic E-state index is 0.0269. The molecule has 1 aromatic heterocycles. The standard InChI is InChI=1S/C31H29ClFN3O6/c1-20(2)13-14-34(31(39)25-12-11-24(36(40)41)15-27(25)32)18-29(37)35(16-21-7-9-23(33)10-8-21)17-22-19-42-28-6-4-3-5-26(28)30(22)38/h3-12,15,19-20H,13-14,16-18H2,1-2H3. The highest BCUT2D eigenvalue weighted by Crippen LogP contribution is 2.24. The summed E-state index contributed by atoms with van der Waals surface area (Å²) in [6.45, 7) is 3.74. The van der Waals surface area contributed by atoms with E-state index in [0.29, 0.717) is 23.0 Å². The van der Waals surface area contributed by atoms with Crippen molar-refractivity contribution in [1.82, 2.24) is 9.80 Å². The Hall–Kier alpha value is -4.57. The average Bonchev–Trinajstić information content (AvgIpc) is 2.96. The zero-order valence-electron chi connectivity index (χ0n) is 23.1. The number of benzene rings is 3. The molecule has 0 N–H and O–H groups in total. The molecule has 4 aromatic rings. The number of fused-ring (bicyclic) bond motifs is 1. The molecular weight excluding hydrogens is 565 g/mol. The second kappa shape index (κ2) is 13.4. The fourth-order valence-electron chi connectivity index (χ4n) is 4.37. The Morgan fingerprint density at radius 3 is 2.40 bits per heavy atom. The zero-order chi connectivity index (χ0) is 30.4. The van der Waals surface area contributed by atoms with Gasteiger partial charge in [0.15, 0.2) is 5.43 Å². The van der Waals surface area contributed by atoms with E-state index in [9.17, 15) is 28.9 Å². The molecule has 0 aliphatic heterocycles. The van der Waals surface area contributed by atoms with Crippen LogP contribution in [0.2, 0.25) is 5.02 Å². The van der Waals surface area contributed by atoms with Crippen LogP contribution < -0.4 is 5.43 Å². The van der Waals surface area contributed by atoms with Crippen LogP contribution in [-0.4, -0.2) is 39.6 Å². The molecule has 0 unspecified atom stereocenters. The molecule has 42 heavy (non-hydrogen) atoms. The molecule has 11 heteroatoms. The maximum absolute atomic E-state index is 13.8. The van der Waals surface area contributed by atoms with Crippen molar-refractivity contribution in [3.05, 3.63) is 121 Å². The molecule has 0 aliphatic carbocycles. The molecule has 0 bridgehead atoms. The number of amides is 2. The molecule has 0 radical (unpaired) electrons. The third-order valence-electron chi connectivity index (χ3n) is 6.74. The lowest BCUT2D eigenvalue weighted by molar-refractivity contribution is -0.384. The lowest BCUT2D eigenvalue weighted by Gasteiger charge is -2.28. The zero-order valence-corrected chi connectivity index (χ0v) is 23.8. The molecule has 0 fully saturated rings. The minimum Gasteiger partial charge on any atom is -0.464 e. The van der Waals surface area contributed by atoms with E-state index in [-0.39, 0.29) is 59.4 Å². The number of halogens is 2. The van der Waals surface area contributed by atoms with E-state index >= 15 is 0 Å². The van der Waals surface area contributed by atoms with E-state index < -0.39 is 22.6 Å². The van der Waals surface area contributed by atoms with Gasteiger partial charge in [0.1, 0.15) is 17.9 Å². The van der Waals surface area contributed by atoms with Gasteiger partial charge < -0.3 is 14.2 Å². The van der Waals surface area contributed by atoms with E-state index in [1.165, 1.54) is 52.5 Å². The maximum Gasteiger partial charge on any atom is 0.270 e. The average molecular weight is 594 g/mol. The van der Waals surface area contributed by atoms with E-state index in [0.717, 1.165) is 6.07 Å². The minimum atomic E-state index is -0.614. The quantitative estimate of drug-likeness (QED) is 0.151. The SMILES string of the molecule is CC(C)CCN(CC(=O)N(Cc1ccc(F)cc1)Cc1coc2ccccc2c1=O)C(=O)c1ccc([N+](=O)[O-])cc1Cl. The predicted molar refractivity (Wildman–Crippen MR) is 157 cm³/mol. The van der Waals surface area contributed by atoms with Gasteiger partial charge in [0, 0.05) is 25.2 Å². The molecule has 1 heterocycles. The van der Waals surface area contributed by atoms with Crippen molar-refractivity contribution in [1.29, 1.82) is 0 Å². The number of non-ortho nitro benzene ring substituents is 1. The van der Waals surface area contributed by atoms with Crippen LogP contribution in [0.4, 0.5) is 10.1 Å². The number of rotatable bonds is 11. The summed E-state index contributed by atoms with van der Waals surface area (Å²) in [4.78, 5) is 53.9. The molecule has 4 rings (SSSR count). The Balaban J connectivity index is 1.65. The number of para-hydroxylation sites is 1. The Morgan fingerprint density at radius 2 is 1.74 bits per heavy atom. The normalized spacial score (nSPS) is 11.1. The van der Waals surface area contributed by atoms with Crippen LogP contribution in [0.1, 0.15) is 41.8 Å². The highest BCUT2D eigenvalue weighted by Gasteiger charge is 2.26. The molecule has 2 amide bonds. The second-order valence-electron chi connectivity index (χ2n) is 10.3. The number of hydrogen-bond acceptors (Lipinski definition) is 6. The molecule has 0 atom stereocenters. The largest absolute Gasteiger partial charge is 0.464 e. The van der Waals surface area contributed by atoms with Gasteiger partial charge in [-0.05, 0) is 48.2 Å². The highest BCUT2D eigenvalue weighted by atomic mass is 35.5. The summed E-state index contributed by atoms with van der Waals surface area (Å²) >= 11 is 6.24. The number of carbonyl (C=O) groups excluding carboxylic acids is 2. The van der Waals surface area contributed by atoms with Crippen molar-refractivity contribution in [3.63, 3.8) is 0 Å². The topological polar surface area (TPSA) is 114 Å². The smallest absolute Gasteiger partial charge is 0.270 e. The number of hydrogen-bond donors (Lipinski definition) is 0. The van der Waals surface area contributed by atoms with Crippen molar-refractivity contribution < 1.29 is 23.3 Å². The van der Waals surface area contributed by atoms with Gasteiger partial charge in [-0.15, -0.1) is 0 Å². The monoisotopic (exact) mass is 593 g/mol. The lowest BCUT2D eigenvalue weighted by atomic mass is 10.1. The van der Waals surface area contributed by atoms with Gasteiger partial charge >= 0.3 is 0 Å². The predicted octanol–water partition coefficient (Wildman–Crippen LogP) is 6.21. The summed E-state index contributed by atoms with van der Waals surface area (Å²) in [7, 11) is 0. The Kier molecular flexibility index (Phi) is 9.69. The molecule has 218 valence electrons. The summed E-state index contributed by atoms with van der Waals surface area (Å²) in [5.41, 5.74) is 0.739. The number of nitro benzene ring substituents is 1. The van der Waals surface area contributed by atoms with Gasteiger partial charge in [0.05, 0.1) is 39.3 Å². The van der Waals surface area contributed by atoms with E-state index in [1.54, 1.807) is 24.3 Å². The first-order chi connectivity index (χ1) is 20.0. The van der Waals surface area contributed by atoms with E-state index in [4.69, 9.17) is 16.0 Å². The van der Waals surface area contributed by atoms with Gasteiger partial charge in [-0.3, -0.25) is 24.5 Å². The van der Waals surface area contributed by atoms with E-state index in [2.05, 4.69) is 0 Å². The van der Waals surface area contributed by atoms with Crippen LogP contribution in [0.25, 0.3) is 11.0 Å². The fourth-order valence-corrected chi connectivity index (χ4v) is 4.62. The Bertz CT molecular complexity index is 1670. The van der Waals surface area contributed by atoms with Crippen molar-refractivity contribution in [2.75, 3.05) is 13.1 Å². The molecule has 0 spiro atoms. The van der Waals surface area contributed by atoms with Crippen LogP contribution in [-0.2, 0) is 17.9 Å². The summed E-state index contributed by atoms with van der Waals surface area (Å²) in [6.07, 6.45) is 1.89. The van der Waals surface area contributed by atoms with Crippen molar-refractivity contribution >= 4 is 40.1 Å². The number of nitro groups is 1. The summed E-state index contributed by atoms with van der Waals surface area (Å²) in [5, 5.41) is 11.4. The van der Waals surface area contributed by atoms with Gasteiger partial charge in [-0.25, -0.2) is 4.39 Å². The molecule has 0 aliphatic rings. The van der Waals surface area contributed by atoms with Crippen LogP contribution >= 0.6 is 11.6 Å². The first-order valence-electron chi connectivity index (χ1n) is 13.3. The van der Waals surface area contributed by atoms with Crippen molar-refractivity contribution in [2.45, 2.75) is 33.4 Å². The first-order valence-corrected chi connectivity index (χ1v) is 13.7. The number of carbonyl (C=O) groups is 2. The van der Waals surface area contributed by atoms with Crippen molar-refractivity contribution in [3.8, 4) is 0 Å². The van der Waals surface area contributed by atoms with Crippen molar-refractivity contribution in [2.24, 2.45) is 5.92 Å². The number of nitrogens with zero attached hydrogens (tertiary/aromatic N) is 3. The Morgan fingerprint density at radius 1 is 1.02 bits per heavy atom. The summed E-state index contributed by atoms with van der Waals surface area (Å²) in [6, 6.07) is 15.9. The Labute approximate surface area is 246 Å². The van der Waals surface area contributed by atoms with Crippen LogP contribution in [0.5, 0.6) is 0 Å². The molecule has 9 nitrogen and oxygen atoms in total.